The zero-order chi connectivity index (χ0) is 19.2. The summed E-state index contributed by atoms with van der Waals surface area (Å²) in [5, 5.41) is 5.65. The zero-order valence-electron chi connectivity index (χ0n) is 15.6. The van der Waals surface area contributed by atoms with Crippen LogP contribution >= 0.6 is 0 Å². The van der Waals surface area contributed by atoms with Gasteiger partial charge in [0, 0.05) is 31.3 Å². The summed E-state index contributed by atoms with van der Waals surface area (Å²) >= 11 is 0. The van der Waals surface area contributed by atoms with Gasteiger partial charge >= 0.3 is 0 Å². The Morgan fingerprint density at radius 3 is 2.63 bits per heavy atom. The van der Waals surface area contributed by atoms with E-state index in [-0.39, 0.29) is 11.8 Å². The Morgan fingerprint density at radius 2 is 1.89 bits per heavy atom. The molecule has 0 spiro atoms. The van der Waals surface area contributed by atoms with Crippen LogP contribution in [0.15, 0.2) is 36.4 Å². The van der Waals surface area contributed by atoms with Crippen LogP contribution in [-0.2, 0) is 16.1 Å². The molecule has 0 atom stereocenters. The van der Waals surface area contributed by atoms with Crippen molar-refractivity contribution in [1.82, 2.24) is 10.3 Å². The Bertz CT molecular complexity index is 832. The van der Waals surface area contributed by atoms with Gasteiger partial charge in [0.2, 0.25) is 5.91 Å². The molecule has 2 N–H and O–H groups in total. The van der Waals surface area contributed by atoms with Gasteiger partial charge in [0.1, 0.15) is 5.82 Å². The molecular formula is C20H24N4O3. The highest BCUT2D eigenvalue weighted by molar-refractivity contribution is 5.98. The maximum atomic E-state index is 12.6. The predicted molar refractivity (Wildman–Crippen MR) is 104 cm³/mol. The number of ether oxygens (including phenoxy) is 1. The maximum absolute atomic E-state index is 12.6. The summed E-state index contributed by atoms with van der Waals surface area (Å²) in [5.41, 5.74) is 2.71. The Labute approximate surface area is 158 Å². The Kier molecular flexibility index (Phi) is 6.03. The molecule has 7 nitrogen and oxygen atoms in total. The summed E-state index contributed by atoms with van der Waals surface area (Å²) in [6, 6.07) is 11.1. The average Bonchev–Trinajstić information content (AvgIpc) is 2.68. The summed E-state index contributed by atoms with van der Waals surface area (Å²) in [4.78, 5) is 30.7. The normalized spacial score (nSPS) is 13.9. The van der Waals surface area contributed by atoms with Gasteiger partial charge in [-0.2, -0.15) is 0 Å². The highest BCUT2D eigenvalue weighted by atomic mass is 16.5. The molecule has 0 unspecified atom stereocenters. The Hall–Kier alpha value is -2.93. The molecule has 1 aromatic carbocycles. The number of rotatable bonds is 5. The van der Waals surface area contributed by atoms with Gasteiger partial charge in [-0.3, -0.25) is 9.59 Å². The van der Waals surface area contributed by atoms with Crippen LogP contribution in [0.25, 0.3) is 0 Å². The molecule has 2 aromatic rings. The lowest BCUT2D eigenvalue weighted by atomic mass is 10.1. The third-order valence-electron chi connectivity index (χ3n) is 4.45. The standard InChI is InChI=1S/C20H24N4O3/c1-14-17(6-4-7-18(14)22-15(2)25)20(26)21-13-16-5-3-8-19(23-16)24-9-11-27-12-10-24/h3-8H,9-13H2,1-2H3,(H,21,26)(H,22,25). The van der Waals surface area contributed by atoms with Crippen LogP contribution in [-0.4, -0.2) is 43.1 Å². The van der Waals surface area contributed by atoms with Crippen molar-refractivity contribution in [2.45, 2.75) is 20.4 Å². The third kappa shape index (κ3) is 4.83. The fourth-order valence-corrected chi connectivity index (χ4v) is 3.01. The molecule has 27 heavy (non-hydrogen) atoms. The molecule has 0 saturated carbocycles. The van der Waals surface area contributed by atoms with Crippen LogP contribution in [0.3, 0.4) is 0 Å². The van der Waals surface area contributed by atoms with E-state index in [1.165, 1.54) is 6.92 Å². The summed E-state index contributed by atoms with van der Waals surface area (Å²) in [7, 11) is 0. The van der Waals surface area contributed by atoms with Gasteiger partial charge in [-0.1, -0.05) is 12.1 Å². The third-order valence-corrected chi connectivity index (χ3v) is 4.45. The van der Waals surface area contributed by atoms with E-state index in [4.69, 9.17) is 4.74 Å². The molecule has 2 amide bonds. The minimum atomic E-state index is -0.196. The molecule has 1 aliphatic heterocycles. The molecule has 1 saturated heterocycles. The predicted octanol–water partition coefficient (Wildman–Crippen LogP) is 2.12. The number of nitrogens with one attached hydrogen (secondary N) is 2. The SMILES string of the molecule is CC(=O)Nc1cccc(C(=O)NCc2cccc(N3CCOCC3)n2)c1C. The molecule has 142 valence electrons. The van der Waals surface area contributed by atoms with Gasteiger partial charge in [-0.15, -0.1) is 0 Å². The van der Waals surface area contributed by atoms with E-state index in [0.29, 0.717) is 31.0 Å². The Morgan fingerprint density at radius 1 is 1.15 bits per heavy atom. The maximum Gasteiger partial charge on any atom is 0.251 e. The fraction of sp³-hybridized carbons (Fsp3) is 0.350. The molecule has 0 radical (unpaired) electrons. The number of carbonyl (C=O) groups excluding carboxylic acids is 2. The van der Waals surface area contributed by atoms with E-state index < -0.39 is 0 Å². The van der Waals surface area contributed by atoms with Crippen LogP contribution < -0.4 is 15.5 Å². The minimum absolute atomic E-state index is 0.167. The largest absolute Gasteiger partial charge is 0.378 e. The molecule has 1 aliphatic rings. The number of nitrogens with zero attached hydrogens (tertiary/aromatic N) is 2. The second-order valence-corrected chi connectivity index (χ2v) is 6.43. The number of benzene rings is 1. The van der Waals surface area contributed by atoms with E-state index in [0.717, 1.165) is 30.2 Å². The van der Waals surface area contributed by atoms with E-state index in [1.807, 2.05) is 25.1 Å². The van der Waals surface area contributed by atoms with Gasteiger partial charge in [0.05, 0.1) is 25.5 Å². The first-order chi connectivity index (χ1) is 13.0. The quantitative estimate of drug-likeness (QED) is 0.845. The van der Waals surface area contributed by atoms with Crippen LogP contribution in [0.2, 0.25) is 0 Å². The fourth-order valence-electron chi connectivity index (χ4n) is 3.01. The van der Waals surface area contributed by atoms with E-state index in [9.17, 15) is 9.59 Å². The number of amides is 2. The lowest BCUT2D eigenvalue weighted by molar-refractivity contribution is -0.114. The van der Waals surface area contributed by atoms with Gasteiger partial charge in [-0.05, 0) is 36.8 Å². The molecule has 1 fully saturated rings. The van der Waals surface area contributed by atoms with E-state index in [2.05, 4.69) is 20.5 Å². The van der Waals surface area contributed by atoms with Crippen LogP contribution in [0.5, 0.6) is 0 Å². The summed E-state index contributed by atoms with van der Waals surface area (Å²) in [6.45, 7) is 6.63. The second-order valence-electron chi connectivity index (χ2n) is 6.43. The number of carbonyl (C=O) groups is 2. The van der Waals surface area contributed by atoms with E-state index >= 15 is 0 Å². The molecular weight excluding hydrogens is 344 g/mol. The summed E-state index contributed by atoms with van der Waals surface area (Å²) < 4.78 is 5.37. The van der Waals surface area contributed by atoms with Crippen molar-refractivity contribution in [3.8, 4) is 0 Å². The first-order valence-electron chi connectivity index (χ1n) is 8.98. The van der Waals surface area contributed by atoms with Gasteiger partial charge < -0.3 is 20.3 Å². The number of hydrogen-bond acceptors (Lipinski definition) is 5. The molecule has 0 bridgehead atoms. The topological polar surface area (TPSA) is 83.6 Å². The zero-order valence-corrected chi connectivity index (χ0v) is 15.6. The lowest BCUT2D eigenvalue weighted by Crippen LogP contribution is -2.37. The minimum Gasteiger partial charge on any atom is -0.378 e. The molecule has 0 aliphatic carbocycles. The second kappa shape index (κ2) is 8.64. The summed E-state index contributed by atoms with van der Waals surface area (Å²) in [6.07, 6.45) is 0. The number of morpholine rings is 1. The van der Waals surface area contributed by atoms with Crippen molar-refractivity contribution >= 4 is 23.3 Å². The van der Waals surface area contributed by atoms with Crippen molar-refractivity contribution in [2.24, 2.45) is 0 Å². The summed E-state index contributed by atoms with van der Waals surface area (Å²) in [5.74, 6) is 0.534. The van der Waals surface area contributed by atoms with Crippen molar-refractivity contribution < 1.29 is 14.3 Å². The average molecular weight is 368 g/mol. The number of hydrogen-bond donors (Lipinski definition) is 2. The molecule has 3 rings (SSSR count). The lowest BCUT2D eigenvalue weighted by Gasteiger charge is -2.28. The molecule has 7 heteroatoms. The van der Waals surface area contributed by atoms with Crippen LogP contribution in [0, 0.1) is 6.92 Å². The highest BCUT2D eigenvalue weighted by Crippen LogP contribution is 2.19. The van der Waals surface area contributed by atoms with Crippen LogP contribution in [0.4, 0.5) is 11.5 Å². The van der Waals surface area contributed by atoms with Crippen molar-refractivity contribution in [3.63, 3.8) is 0 Å². The molecule has 2 heterocycles. The van der Waals surface area contributed by atoms with Crippen molar-refractivity contribution in [3.05, 3.63) is 53.2 Å². The van der Waals surface area contributed by atoms with Gasteiger partial charge in [0.15, 0.2) is 0 Å². The first-order valence-corrected chi connectivity index (χ1v) is 8.98. The first kappa shape index (κ1) is 18.8. The van der Waals surface area contributed by atoms with Crippen LogP contribution in [0.1, 0.15) is 28.5 Å². The highest BCUT2D eigenvalue weighted by Gasteiger charge is 2.14. The Balaban J connectivity index is 1.66. The number of anilines is 2. The van der Waals surface area contributed by atoms with E-state index in [1.54, 1.807) is 18.2 Å². The monoisotopic (exact) mass is 368 g/mol. The van der Waals surface area contributed by atoms with Gasteiger partial charge in [-0.25, -0.2) is 4.98 Å². The smallest absolute Gasteiger partial charge is 0.251 e. The number of aromatic nitrogens is 1. The van der Waals surface area contributed by atoms with Gasteiger partial charge in [0.25, 0.3) is 5.91 Å². The van der Waals surface area contributed by atoms with Crippen molar-refractivity contribution in [1.29, 1.82) is 0 Å². The number of pyridine rings is 1. The van der Waals surface area contributed by atoms with Crippen molar-refractivity contribution in [2.75, 3.05) is 36.5 Å². The molecule has 1 aromatic heterocycles.